The van der Waals surface area contributed by atoms with E-state index in [0.717, 1.165) is 24.3 Å². The number of nitrogens with one attached hydrogen (secondary N) is 2. The van der Waals surface area contributed by atoms with Crippen LogP contribution in [0.3, 0.4) is 0 Å². The van der Waals surface area contributed by atoms with Crippen LogP contribution in [0.5, 0.6) is 0 Å². The average molecular weight is 393 g/mol. The summed E-state index contributed by atoms with van der Waals surface area (Å²) in [7, 11) is 0. The van der Waals surface area contributed by atoms with Gasteiger partial charge >= 0.3 is 12.0 Å². The summed E-state index contributed by atoms with van der Waals surface area (Å²) in [4.78, 5) is 26.7. The number of carbonyl (C=O) groups is 2. The third-order valence-electron chi connectivity index (χ3n) is 4.95. The summed E-state index contributed by atoms with van der Waals surface area (Å²) in [6, 6.07) is 17.4. The van der Waals surface area contributed by atoms with E-state index in [1.807, 2.05) is 42.5 Å². The predicted molar refractivity (Wildman–Crippen MR) is 113 cm³/mol. The summed E-state index contributed by atoms with van der Waals surface area (Å²) in [6.07, 6.45) is 0. The number of esters is 1. The molecular formula is C23H27N3O3. The van der Waals surface area contributed by atoms with E-state index in [1.54, 1.807) is 13.8 Å². The molecule has 1 heterocycles. The van der Waals surface area contributed by atoms with Gasteiger partial charge in [-0.2, -0.15) is 0 Å². The Hall–Kier alpha value is -3.28. The minimum Gasteiger partial charge on any atom is -0.463 e. The largest absolute Gasteiger partial charge is 0.463 e. The number of carbonyl (C=O) groups excluding carboxylic acids is 2. The third kappa shape index (κ3) is 4.77. The zero-order valence-electron chi connectivity index (χ0n) is 17.1. The Bertz CT molecular complexity index is 891. The second-order valence-corrected chi connectivity index (χ2v) is 6.88. The molecule has 1 aliphatic heterocycles. The van der Waals surface area contributed by atoms with Gasteiger partial charge in [-0.1, -0.05) is 42.5 Å². The van der Waals surface area contributed by atoms with Crippen molar-refractivity contribution in [3.63, 3.8) is 0 Å². The summed E-state index contributed by atoms with van der Waals surface area (Å²) in [5.41, 5.74) is 4.10. The van der Waals surface area contributed by atoms with E-state index < -0.39 is 12.0 Å². The maximum absolute atomic E-state index is 12.4. The van der Waals surface area contributed by atoms with Crippen molar-refractivity contribution in [2.75, 3.05) is 18.1 Å². The molecule has 6 nitrogen and oxygen atoms in total. The molecule has 0 spiro atoms. The van der Waals surface area contributed by atoms with Gasteiger partial charge in [-0.05, 0) is 44.0 Å². The van der Waals surface area contributed by atoms with Crippen molar-refractivity contribution < 1.29 is 14.3 Å². The molecule has 2 aromatic rings. The van der Waals surface area contributed by atoms with Gasteiger partial charge in [0, 0.05) is 24.5 Å². The number of nitrogens with zero attached hydrogens (tertiary/aromatic N) is 1. The summed E-state index contributed by atoms with van der Waals surface area (Å²) in [5.74, 6) is -0.425. The molecule has 29 heavy (non-hydrogen) atoms. The van der Waals surface area contributed by atoms with E-state index >= 15 is 0 Å². The van der Waals surface area contributed by atoms with Crippen LogP contribution in [0.4, 0.5) is 10.5 Å². The molecule has 0 fully saturated rings. The molecule has 152 valence electrons. The molecule has 0 aromatic heterocycles. The van der Waals surface area contributed by atoms with E-state index in [2.05, 4.69) is 34.6 Å². The quantitative estimate of drug-likeness (QED) is 0.700. The SMILES string of the molecule is CCOC(=O)C1=C(C)NC(=O)NC1c1ccc(N(CC)Cc2ccccc2)cc1. The van der Waals surface area contributed by atoms with Crippen molar-refractivity contribution >= 4 is 17.7 Å². The Balaban J connectivity index is 1.84. The Kier molecular flexibility index (Phi) is 6.54. The van der Waals surface area contributed by atoms with E-state index in [9.17, 15) is 9.59 Å². The van der Waals surface area contributed by atoms with Crippen LogP contribution in [0.2, 0.25) is 0 Å². The molecule has 0 radical (unpaired) electrons. The van der Waals surface area contributed by atoms with Crippen molar-refractivity contribution in [2.45, 2.75) is 33.4 Å². The minimum absolute atomic E-state index is 0.278. The normalized spacial score (nSPS) is 16.1. The maximum Gasteiger partial charge on any atom is 0.338 e. The zero-order chi connectivity index (χ0) is 20.8. The van der Waals surface area contributed by atoms with Gasteiger partial charge in [0.2, 0.25) is 0 Å². The standard InChI is InChI=1S/C23H27N3O3/c1-4-26(15-17-9-7-6-8-10-17)19-13-11-18(12-14-19)21-20(22(27)29-5-2)16(3)24-23(28)25-21/h6-14,21H,4-5,15H2,1-3H3,(H2,24,25,28). The van der Waals surface area contributed by atoms with Gasteiger partial charge < -0.3 is 20.3 Å². The average Bonchev–Trinajstić information content (AvgIpc) is 2.72. The first-order chi connectivity index (χ1) is 14.0. The fourth-order valence-electron chi connectivity index (χ4n) is 3.49. The van der Waals surface area contributed by atoms with Gasteiger partial charge in [-0.25, -0.2) is 9.59 Å². The van der Waals surface area contributed by atoms with Crippen LogP contribution < -0.4 is 15.5 Å². The molecule has 0 bridgehead atoms. The maximum atomic E-state index is 12.4. The molecule has 1 aliphatic rings. The second kappa shape index (κ2) is 9.28. The highest BCUT2D eigenvalue weighted by Gasteiger charge is 2.32. The monoisotopic (exact) mass is 393 g/mol. The molecule has 6 heteroatoms. The first-order valence-electron chi connectivity index (χ1n) is 9.87. The second-order valence-electron chi connectivity index (χ2n) is 6.88. The number of allylic oxidation sites excluding steroid dienone is 1. The van der Waals surface area contributed by atoms with Gasteiger partial charge in [0.25, 0.3) is 0 Å². The van der Waals surface area contributed by atoms with Crippen LogP contribution >= 0.6 is 0 Å². The number of amides is 2. The zero-order valence-corrected chi connectivity index (χ0v) is 17.1. The lowest BCUT2D eigenvalue weighted by Crippen LogP contribution is -2.45. The highest BCUT2D eigenvalue weighted by atomic mass is 16.5. The van der Waals surface area contributed by atoms with Crippen LogP contribution in [-0.4, -0.2) is 25.2 Å². The molecule has 1 atom stereocenters. The van der Waals surface area contributed by atoms with Crippen molar-refractivity contribution in [2.24, 2.45) is 0 Å². The fourth-order valence-corrected chi connectivity index (χ4v) is 3.49. The van der Waals surface area contributed by atoms with Crippen molar-refractivity contribution in [1.82, 2.24) is 10.6 Å². The Morgan fingerprint density at radius 3 is 2.38 bits per heavy atom. The summed E-state index contributed by atoms with van der Waals surface area (Å²) >= 11 is 0. The van der Waals surface area contributed by atoms with Gasteiger partial charge in [0.1, 0.15) is 0 Å². The number of anilines is 1. The number of urea groups is 1. The molecule has 3 rings (SSSR count). The number of benzene rings is 2. The first-order valence-corrected chi connectivity index (χ1v) is 9.87. The molecule has 0 aliphatic carbocycles. The van der Waals surface area contributed by atoms with Crippen molar-refractivity contribution in [1.29, 1.82) is 0 Å². The predicted octanol–water partition coefficient (Wildman–Crippen LogP) is 3.90. The highest BCUT2D eigenvalue weighted by molar-refractivity contribution is 5.95. The Morgan fingerprint density at radius 1 is 1.07 bits per heavy atom. The number of hydrogen-bond donors (Lipinski definition) is 2. The lowest BCUT2D eigenvalue weighted by atomic mass is 9.95. The smallest absolute Gasteiger partial charge is 0.338 e. The molecule has 1 unspecified atom stereocenters. The van der Waals surface area contributed by atoms with Crippen LogP contribution in [0.1, 0.15) is 37.9 Å². The lowest BCUT2D eigenvalue weighted by Gasteiger charge is -2.29. The molecule has 2 amide bonds. The first kappa shape index (κ1) is 20.5. The summed E-state index contributed by atoms with van der Waals surface area (Å²) in [5, 5.41) is 5.49. The van der Waals surface area contributed by atoms with E-state index in [4.69, 9.17) is 4.74 Å². The van der Waals surface area contributed by atoms with E-state index in [1.165, 1.54) is 5.56 Å². The van der Waals surface area contributed by atoms with Crippen LogP contribution in [0.25, 0.3) is 0 Å². The van der Waals surface area contributed by atoms with Crippen LogP contribution in [0.15, 0.2) is 65.9 Å². The highest BCUT2D eigenvalue weighted by Crippen LogP contribution is 2.29. The van der Waals surface area contributed by atoms with Gasteiger partial charge in [0.15, 0.2) is 0 Å². The van der Waals surface area contributed by atoms with Crippen molar-refractivity contribution in [3.8, 4) is 0 Å². The van der Waals surface area contributed by atoms with Gasteiger partial charge in [-0.3, -0.25) is 0 Å². The van der Waals surface area contributed by atoms with Crippen LogP contribution in [-0.2, 0) is 16.1 Å². The van der Waals surface area contributed by atoms with E-state index in [-0.39, 0.29) is 12.6 Å². The molecule has 0 saturated carbocycles. The topological polar surface area (TPSA) is 70.7 Å². The fraction of sp³-hybridized carbons (Fsp3) is 0.304. The van der Waals surface area contributed by atoms with Crippen molar-refractivity contribution in [3.05, 3.63) is 77.0 Å². The molecule has 2 aromatic carbocycles. The Labute approximate surface area is 171 Å². The third-order valence-corrected chi connectivity index (χ3v) is 4.95. The Morgan fingerprint density at radius 2 is 1.76 bits per heavy atom. The van der Waals surface area contributed by atoms with Gasteiger partial charge in [0.05, 0.1) is 18.2 Å². The molecular weight excluding hydrogens is 366 g/mol. The minimum atomic E-state index is -0.541. The number of hydrogen-bond acceptors (Lipinski definition) is 4. The summed E-state index contributed by atoms with van der Waals surface area (Å²) < 4.78 is 5.19. The molecule has 2 N–H and O–H groups in total. The lowest BCUT2D eigenvalue weighted by molar-refractivity contribution is -0.139. The van der Waals surface area contributed by atoms with E-state index in [0.29, 0.717) is 11.3 Å². The molecule has 0 saturated heterocycles. The summed E-state index contributed by atoms with van der Waals surface area (Å²) in [6.45, 7) is 7.55. The van der Waals surface area contributed by atoms with Gasteiger partial charge in [-0.15, -0.1) is 0 Å². The number of ether oxygens (including phenoxy) is 1. The van der Waals surface area contributed by atoms with Crippen LogP contribution in [0, 0.1) is 0 Å². The number of rotatable bonds is 7.